The van der Waals surface area contributed by atoms with Gasteiger partial charge >= 0.3 is 0 Å². The van der Waals surface area contributed by atoms with Crippen LogP contribution >= 0.6 is 15.9 Å². The number of carbonyl (C=O) groups excluding carboxylic acids is 1. The number of nitrogens with one attached hydrogen (secondary N) is 1. The first-order chi connectivity index (χ1) is 14.4. The second kappa shape index (κ2) is 7.91. The molecule has 1 aromatic heterocycles. The Balaban J connectivity index is 1.74. The molecule has 1 atom stereocenters. The summed E-state index contributed by atoms with van der Waals surface area (Å²) < 4.78 is 7.27. The third kappa shape index (κ3) is 3.68. The smallest absolute Gasteiger partial charge is 0.282 e. The van der Waals surface area contributed by atoms with Crippen LogP contribution in [0.3, 0.4) is 0 Å². The minimum atomic E-state index is -0.268. The van der Waals surface area contributed by atoms with E-state index in [2.05, 4.69) is 31.4 Å². The Morgan fingerprint density at radius 3 is 2.67 bits per heavy atom. The molecule has 0 aliphatic carbocycles. The van der Waals surface area contributed by atoms with Gasteiger partial charge in [-0.05, 0) is 42.8 Å². The summed E-state index contributed by atoms with van der Waals surface area (Å²) >= 11 is 3.39. The molecular weight excluding hydrogens is 450 g/mol. The van der Waals surface area contributed by atoms with Gasteiger partial charge in [0, 0.05) is 17.8 Å². The molecule has 2 heterocycles. The van der Waals surface area contributed by atoms with Crippen molar-refractivity contribution >= 4 is 38.6 Å². The number of fused-ring (bicyclic) bond motifs is 1. The summed E-state index contributed by atoms with van der Waals surface area (Å²) in [6.07, 6.45) is 0.439. The molecule has 2 aromatic carbocycles. The van der Waals surface area contributed by atoms with Crippen LogP contribution in [0.15, 0.2) is 56.8 Å². The summed E-state index contributed by atoms with van der Waals surface area (Å²) in [5, 5.41) is 6.48. The highest BCUT2D eigenvalue weighted by Crippen LogP contribution is 2.29. The average Bonchev–Trinajstić information content (AvgIpc) is 3.16. The van der Waals surface area contributed by atoms with Crippen molar-refractivity contribution in [2.24, 2.45) is 5.10 Å². The number of carbonyl (C=O) groups is 1. The number of rotatable bonds is 3. The number of amides is 1. The fraction of sp³-hybridized carbons (Fsp3) is 0.238. The van der Waals surface area contributed by atoms with Gasteiger partial charge in [-0.1, -0.05) is 28.1 Å². The van der Waals surface area contributed by atoms with Gasteiger partial charge in [0.2, 0.25) is 5.91 Å². The van der Waals surface area contributed by atoms with Crippen LogP contribution in [0.25, 0.3) is 10.9 Å². The molecule has 0 spiro atoms. The van der Waals surface area contributed by atoms with Gasteiger partial charge in [-0.3, -0.25) is 15.0 Å². The standard InChI is InChI=1S/C21H20BrN5O3/c1-12-23-18-9-6-15(22)10-17(18)21(29)26(12)24-20-11-19(27(25-20)13(2)28)14-4-7-16(30-3)8-5-14/h4-10,19H,11H2,1-3H3,(H,24,25). The highest BCUT2D eigenvalue weighted by Gasteiger charge is 2.32. The summed E-state index contributed by atoms with van der Waals surface area (Å²) in [6, 6.07) is 12.6. The van der Waals surface area contributed by atoms with Crippen molar-refractivity contribution < 1.29 is 9.53 Å². The highest BCUT2D eigenvalue weighted by molar-refractivity contribution is 9.10. The van der Waals surface area contributed by atoms with Crippen LogP contribution in [0.4, 0.5) is 0 Å². The molecule has 30 heavy (non-hydrogen) atoms. The second-order valence-electron chi connectivity index (χ2n) is 6.98. The lowest BCUT2D eigenvalue weighted by atomic mass is 10.0. The van der Waals surface area contributed by atoms with E-state index in [0.29, 0.717) is 29.0 Å². The highest BCUT2D eigenvalue weighted by atomic mass is 79.9. The van der Waals surface area contributed by atoms with E-state index in [0.717, 1.165) is 15.8 Å². The number of hydrazine groups is 1. The molecule has 1 unspecified atom stereocenters. The molecule has 1 saturated heterocycles. The molecule has 1 amide bonds. The van der Waals surface area contributed by atoms with E-state index in [4.69, 9.17) is 4.74 Å². The molecule has 1 fully saturated rings. The first kappa shape index (κ1) is 20.1. The van der Waals surface area contributed by atoms with E-state index in [9.17, 15) is 9.59 Å². The Labute approximate surface area is 181 Å². The van der Waals surface area contributed by atoms with Crippen LogP contribution in [0.5, 0.6) is 5.75 Å². The number of halogens is 1. The summed E-state index contributed by atoms with van der Waals surface area (Å²) in [5.74, 6) is 1.56. The molecule has 9 heteroatoms. The minimum Gasteiger partial charge on any atom is -0.497 e. The van der Waals surface area contributed by atoms with E-state index in [-0.39, 0.29) is 17.5 Å². The maximum atomic E-state index is 13.0. The lowest BCUT2D eigenvalue weighted by molar-refractivity contribution is -0.132. The zero-order valence-electron chi connectivity index (χ0n) is 16.7. The van der Waals surface area contributed by atoms with Crippen LogP contribution in [0.1, 0.15) is 30.8 Å². The van der Waals surface area contributed by atoms with Crippen molar-refractivity contribution in [3.05, 3.63) is 68.7 Å². The van der Waals surface area contributed by atoms with Gasteiger partial charge in [-0.25, -0.2) is 9.99 Å². The third-order valence-corrected chi connectivity index (χ3v) is 5.47. The Morgan fingerprint density at radius 1 is 1.27 bits per heavy atom. The van der Waals surface area contributed by atoms with Crippen molar-refractivity contribution in [3.63, 3.8) is 0 Å². The fourth-order valence-corrected chi connectivity index (χ4v) is 3.85. The van der Waals surface area contributed by atoms with Crippen molar-refractivity contribution in [1.29, 1.82) is 0 Å². The zero-order chi connectivity index (χ0) is 21.4. The number of benzene rings is 2. The van der Waals surface area contributed by atoms with E-state index in [1.165, 1.54) is 16.6 Å². The molecular formula is C21H20BrN5O3. The Bertz CT molecular complexity index is 1220. The molecule has 0 bridgehead atoms. The van der Waals surface area contributed by atoms with Gasteiger partial charge in [0.25, 0.3) is 5.56 Å². The third-order valence-electron chi connectivity index (χ3n) is 4.98. The topological polar surface area (TPSA) is 88.8 Å². The maximum absolute atomic E-state index is 13.0. The van der Waals surface area contributed by atoms with E-state index in [1.54, 1.807) is 26.2 Å². The molecule has 154 valence electrons. The molecule has 0 radical (unpaired) electrons. The number of nitrogens with zero attached hydrogens (tertiary/aromatic N) is 4. The Hall–Kier alpha value is -3.20. The zero-order valence-corrected chi connectivity index (χ0v) is 18.3. The van der Waals surface area contributed by atoms with Crippen LogP contribution in [0, 0.1) is 6.92 Å². The molecule has 1 aliphatic heterocycles. The molecule has 8 nitrogen and oxygen atoms in total. The molecule has 0 saturated carbocycles. The number of aryl methyl sites for hydroxylation is 1. The second-order valence-corrected chi connectivity index (χ2v) is 7.89. The number of aromatic nitrogens is 2. The van der Waals surface area contributed by atoms with Crippen LogP contribution in [0.2, 0.25) is 0 Å². The van der Waals surface area contributed by atoms with Gasteiger partial charge < -0.3 is 4.74 Å². The van der Waals surface area contributed by atoms with Gasteiger partial charge in [-0.2, -0.15) is 4.68 Å². The Kier molecular flexibility index (Phi) is 5.29. The number of hydrogen-bond acceptors (Lipinski definition) is 5. The molecule has 3 aromatic rings. The summed E-state index contributed by atoms with van der Waals surface area (Å²) in [6.45, 7) is 3.21. The largest absolute Gasteiger partial charge is 0.497 e. The summed E-state index contributed by atoms with van der Waals surface area (Å²) in [5.41, 5.74) is 4.32. The first-order valence-corrected chi connectivity index (χ1v) is 10.1. The Morgan fingerprint density at radius 2 is 2.00 bits per heavy atom. The summed E-state index contributed by atoms with van der Waals surface area (Å²) in [4.78, 5) is 29.7. The van der Waals surface area contributed by atoms with Crippen LogP contribution in [-0.2, 0) is 4.79 Å². The predicted octanol–water partition coefficient (Wildman–Crippen LogP) is 3.14. The number of hydrogen-bond donors (Lipinski definition) is 1. The van der Waals surface area contributed by atoms with Gasteiger partial charge in [0.15, 0.2) is 0 Å². The fourth-order valence-electron chi connectivity index (χ4n) is 3.49. The molecule has 4 rings (SSSR count). The van der Waals surface area contributed by atoms with Crippen molar-refractivity contribution in [2.75, 3.05) is 7.11 Å². The van der Waals surface area contributed by atoms with E-state index < -0.39 is 0 Å². The average molecular weight is 470 g/mol. The van der Waals surface area contributed by atoms with Gasteiger partial charge in [-0.15, -0.1) is 5.10 Å². The summed E-state index contributed by atoms with van der Waals surface area (Å²) in [7, 11) is 1.61. The van der Waals surface area contributed by atoms with E-state index in [1.807, 2.05) is 30.3 Å². The van der Waals surface area contributed by atoms with Crippen molar-refractivity contribution in [2.45, 2.75) is 26.3 Å². The van der Waals surface area contributed by atoms with E-state index >= 15 is 0 Å². The molecule has 1 N–H and O–H groups in total. The quantitative estimate of drug-likeness (QED) is 0.636. The number of amidine groups is 1. The normalized spacial score (nSPS) is 17.4. The van der Waals surface area contributed by atoms with Crippen LogP contribution < -0.4 is 15.7 Å². The van der Waals surface area contributed by atoms with Gasteiger partial charge in [0.1, 0.15) is 17.4 Å². The minimum absolute atomic E-state index is 0.148. The maximum Gasteiger partial charge on any atom is 0.282 e. The lowest BCUT2D eigenvalue weighted by Gasteiger charge is -2.22. The van der Waals surface area contributed by atoms with Crippen molar-refractivity contribution in [3.8, 4) is 5.75 Å². The number of ether oxygens (including phenoxy) is 1. The predicted molar refractivity (Wildman–Crippen MR) is 117 cm³/mol. The SMILES string of the molecule is COc1ccc(C2CC(=Nn3c(C)nc4ccc(Br)cc4c3=O)NN2C(C)=O)cc1. The molecule has 1 aliphatic rings. The van der Waals surface area contributed by atoms with Gasteiger partial charge in [0.05, 0.1) is 24.1 Å². The van der Waals surface area contributed by atoms with Crippen LogP contribution in [-0.4, -0.2) is 33.5 Å². The number of methoxy groups -OCH3 is 1. The lowest BCUT2D eigenvalue weighted by Crippen LogP contribution is -2.39. The monoisotopic (exact) mass is 469 g/mol. The van der Waals surface area contributed by atoms with Crippen molar-refractivity contribution in [1.82, 2.24) is 20.1 Å². The first-order valence-electron chi connectivity index (χ1n) is 9.34.